The molecule has 0 aromatic carbocycles. The fourth-order valence-electron chi connectivity index (χ4n) is 12.1. The fraction of sp³-hybridized carbons (Fsp3) is 0.963. The lowest BCUT2D eigenvalue weighted by atomic mass is 9.95. The first-order valence-corrected chi connectivity index (χ1v) is 33.5. The second kappa shape index (κ2) is 36.2. The van der Waals surface area contributed by atoms with E-state index in [0.717, 1.165) is 43.9 Å². The predicted octanol–water partition coefficient (Wildman–Crippen LogP) is -16.0. The highest BCUT2D eigenvalue weighted by Crippen LogP contribution is 2.39. The Morgan fingerprint density at radius 1 is 0.330 bits per heavy atom. The first kappa shape index (κ1) is 78.0. The van der Waals surface area contributed by atoms with E-state index in [9.17, 15) is 97.0 Å². The molecule has 0 aromatic heterocycles. The Morgan fingerprint density at radius 2 is 0.596 bits per heavy atom. The summed E-state index contributed by atoms with van der Waals surface area (Å²) in [5.41, 5.74) is 17.8. The van der Waals surface area contributed by atoms with E-state index in [1.165, 1.54) is 11.8 Å². The monoisotopic (exact) mass is 1410 g/mol. The van der Waals surface area contributed by atoms with Gasteiger partial charge in [0.05, 0.1) is 52.2 Å². The Balaban J connectivity index is 1.06. The highest BCUT2D eigenvalue weighted by Gasteiger charge is 2.59. The van der Waals surface area contributed by atoms with Gasteiger partial charge in [0.25, 0.3) is 0 Å². The van der Waals surface area contributed by atoms with Gasteiger partial charge in [-0.3, -0.25) is 21.5 Å². The molecule has 0 aliphatic carbocycles. The third kappa shape index (κ3) is 18.3. The summed E-state index contributed by atoms with van der Waals surface area (Å²) in [6.45, 7) is -3.62. The number of unbranched alkanes of at least 4 members (excludes halogenated alkanes) is 3. The Labute approximate surface area is 547 Å². The second-order valence-corrected chi connectivity index (χ2v) is 26.3. The molecule has 21 fully saturated rings. The fourth-order valence-corrected chi connectivity index (χ4v) is 13.8. The van der Waals surface area contributed by atoms with Crippen LogP contribution in [0.25, 0.3) is 0 Å². The topological polar surface area (TPSA) is 620 Å². The Morgan fingerprint density at radius 3 is 0.904 bits per heavy atom. The third-order valence-electron chi connectivity index (χ3n) is 17.5. The first-order valence-electron chi connectivity index (χ1n) is 31.2. The van der Waals surface area contributed by atoms with Crippen molar-refractivity contribution in [2.45, 2.75) is 254 Å². The van der Waals surface area contributed by atoms with E-state index in [-0.39, 0.29) is 18.1 Å². The summed E-state index contributed by atoms with van der Waals surface area (Å²) in [6, 6.07) is 0. The van der Waals surface area contributed by atoms with Crippen LogP contribution in [0, 0.1) is 0 Å². The lowest BCUT2D eigenvalue weighted by Gasteiger charge is -2.50. The van der Waals surface area contributed by atoms with Crippen LogP contribution in [0.3, 0.4) is 0 Å². The minimum absolute atomic E-state index is 0.108. The van der Waals surface area contributed by atoms with E-state index in [4.69, 9.17) is 83.5 Å². The van der Waals surface area contributed by atoms with Crippen LogP contribution >= 0.6 is 23.5 Å². The van der Waals surface area contributed by atoms with Crippen molar-refractivity contribution in [2.24, 2.45) is 17.2 Å². The highest BCUT2D eigenvalue weighted by atomic mass is 32.2. The molecular formula is C54H97N5O33S2+2. The minimum Gasteiger partial charge on any atom is -0.394 e. The Kier molecular flexibility index (Phi) is 30.1. The molecular weight excluding hydrogens is 1310 g/mol. The number of aliphatic hydroxyl groups is 19. The Hall–Kier alpha value is -1.72. The van der Waals surface area contributed by atoms with Crippen molar-refractivity contribution in [2.75, 3.05) is 69.6 Å². The molecule has 0 aromatic rings. The van der Waals surface area contributed by atoms with Crippen LogP contribution < -0.4 is 27.2 Å². The maximum atomic E-state index is 11.9. The quantitative estimate of drug-likeness (QED) is 0.0306. The predicted molar refractivity (Wildman–Crippen MR) is 312 cm³/mol. The molecule has 27 N–H and O–H groups in total. The number of rotatable bonds is 20. The van der Waals surface area contributed by atoms with Gasteiger partial charge in [-0.25, -0.2) is 0 Å². The molecule has 35 atom stereocenters. The van der Waals surface area contributed by atoms with Crippen LogP contribution in [-0.2, 0) is 66.3 Å². The molecule has 94 heavy (non-hydrogen) atoms. The van der Waals surface area contributed by atoms with Crippen LogP contribution in [0.4, 0.5) is 0 Å². The summed E-state index contributed by atoms with van der Waals surface area (Å²) in [6.07, 6.45) is -64.3. The van der Waals surface area contributed by atoms with Gasteiger partial charge in [0.1, 0.15) is 153 Å². The van der Waals surface area contributed by atoms with Crippen molar-refractivity contribution in [3.63, 3.8) is 0 Å². The molecule has 21 rings (SSSR count). The molecule has 0 amide bonds. The second-order valence-electron chi connectivity index (χ2n) is 24.0. The average Bonchev–Trinajstić information content (AvgIpc) is 0.797. The first-order chi connectivity index (χ1) is 44.9. The van der Waals surface area contributed by atoms with E-state index in [1.807, 2.05) is 0 Å². The van der Waals surface area contributed by atoms with E-state index in [0.29, 0.717) is 36.1 Å². The molecule has 546 valence electrons. The molecule has 21 heterocycles. The molecule has 14 bridgehead atoms. The molecule has 21 aliphatic rings. The maximum Gasteiger partial charge on any atom is 0.240 e. The molecule has 21 saturated heterocycles. The van der Waals surface area contributed by atoms with Crippen molar-refractivity contribution < 1.29 is 173 Å². The van der Waals surface area contributed by atoms with Gasteiger partial charge in [0.15, 0.2) is 50.3 Å². The number of hydrogen-bond donors (Lipinski definition) is 24. The SMILES string of the molecule is C[NH+]=C(N)CCCCCCC(N)=[NH+]CCSCC1O[C@H]2O[C@H]3C(CO)O[C@H](O[C@H]4C(CO)O[C@H](O[C@H]5C(CSCCN)O[C@H](O[C@H]6C(CO)O[C@@H](O[C@H]7C(O)O[C@@H](O[C@H]8C(CO)O[C@@H](O[C@@H]1[C@H](O)C2O)C(O)[C@H]8O)C(O)[C@H]7O)C(O)[C@H]6O)C(O)[C@H]5O)C(O)[C@H]4O)C(O)[C@H]3O. The molecule has 38 nitrogen and oxygen atoms in total. The van der Waals surface area contributed by atoms with Crippen molar-refractivity contribution >= 4 is 35.2 Å². The normalized spacial score (nSPS) is 47.9. The largest absolute Gasteiger partial charge is 0.394 e. The highest BCUT2D eigenvalue weighted by molar-refractivity contribution is 7.99. The summed E-state index contributed by atoms with van der Waals surface area (Å²) < 4.78 is 82.3. The van der Waals surface area contributed by atoms with Gasteiger partial charge in [-0.1, -0.05) is 12.8 Å². The van der Waals surface area contributed by atoms with E-state index in [1.54, 1.807) is 7.05 Å². The van der Waals surface area contributed by atoms with Gasteiger partial charge < -0.3 is 169 Å². The molecule has 0 spiro atoms. The minimum atomic E-state index is -2.32. The van der Waals surface area contributed by atoms with Crippen molar-refractivity contribution in [3.05, 3.63) is 0 Å². The van der Waals surface area contributed by atoms with Crippen molar-refractivity contribution in [1.82, 2.24) is 0 Å². The zero-order chi connectivity index (χ0) is 68.4. The van der Waals surface area contributed by atoms with E-state index in [2.05, 4.69) is 9.98 Å². The Bertz CT molecular complexity index is 2330. The van der Waals surface area contributed by atoms with Gasteiger partial charge >= 0.3 is 0 Å². The zero-order valence-corrected chi connectivity index (χ0v) is 52.9. The summed E-state index contributed by atoms with van der Waals surface area (Å²) in [5.74, 6) is 1.60. The molecule has 40 heteroatoms. The molecule has 14 unspecified atom stereocenters. The third-order valence-corrected chi connectivity index (χ3v) is 19.7. The van der Waals surface area contributed by atoms with Gasteiger partial charge in [0, 0.05) is 42.4 Å². The van der Waals surface area contributed by atoms with Crippen LogP contribution in [0.1, 0.15) is 38.5 Å². The van der Waals surface area contributed by atoms with Gasteiger partial charge in [0.2, 0.25) is 11.7 Å². The summed E-state index contributed by atoms with van der Waals surface area (Å²) >= 11 is 2.36. The number of thioether (sulfide) groups is 2. The zero-order valence-electron chi connectivity index (χ0n) is 51.3. The van der Waals surface area contributed by atoms with Gasteiger partial charge in [-0.2, -0.15) is 23.5 Å². The van der Waals surface area contributed by atoms with E-state index >= 15 is 0 Å². The summed E-state index contributed by atoms with van der Waals surface area (Å²) in [4.78, 5) is 6.05. The number of nitrogens with two attached hydrogens (primary N) is 3. The number of amidine groups is 2. The number of aliphatic hydroxyl groups excluding tert-OH is 19. The summed E-state index contributed by atoms with van der Waals surface area (Å²) in [5, 5.41) is 216. The van der Waals surface area contributed by atoms with Gasteiger partial charge in [-0.05, 0) is 12.8 Å². The molecule has 0 saturated carbocycles. The number of hydrogen-bond acceptors (Lipinski definition) is 36. The molecule has 21 aliphatic heterocycles. The smallest absolute Gasteiger partial charge is 0.240 e. The lowest BCUT2D eigenvalue weighted by molar-refractivity contribution is -0.453. The molecule has 0 radical (unpaired) electrons. The number of ether oxygens (including phenoxy) is 14. The summed E-state index contributed by atoms with van der Waals surface area (Å²) in [7, 11) is 1.75. The van der Waals surface area contributed by atoms with Gasteiger partial charge in [-0.15, -0.1) is 0 Å². The van der Waals surface area contributed by atoms with Crippen LogP contribution in [-0.4, -0.2) is 393 Å². The van der Waals surface area contributed by atoms with Crippen LogP contribution in [0.2, 0.25) is 0 Å². The van der Waals surface area contributed by atoms with E-state index < -0.39 is 242 Å². The van der Waals surface area contributed by atoms with Crippen molar-refractivity contribution in [3.8, 4) is 0 Å². The lowest BCUT2D eigenvalue weighted by Crippen LogP contribution is -2.76. The van der Waals surface area contributed by atoms with Crippen LogP contribution in [0.5, 0.6) is 0 Å². The average molecular weight is 1410 g/mol. The number of nitrogens with one attached hydrogen (secondary N) is 2. The maximum absolute atomic E-state index is 11.9. The standard InChI is InChI=1S/C54H95N5O33S2/c1-58-24(56)6-4-2-3-5-7-25(57)59-9-11-94-17-23-45-31(69)38(76)53(84-23)86-41-19(13-61)79-48(33(71)26(41)64)85-40-18(12-60)80-49(34(72)27(40)65)89-44-22(16-93-10-8-55)83-52(37(75)30(44)68)87-42-20(14-62)82-51(36(74)29(42)67)91-46-32(70)39(77)54(92-47(46)78)88-43-21(15-63)81-50(90-45)35(73)28(43)66/h18-23,26-54,60-78H,2-17,55H2,1H3,(H2,56,58)(H2,57,59)/p+2/t18?,19?,20?,21?,22?,23?,26-,27-,28-,29-,30-,31-,32-,33?,34?,35?,36?,37?,38?,39?,40+,41+,42+,43+,44+,45+,46-,47?,48-,49-,50+,51+,52-,53+,54-/m1/s1. The van der Waals surface area contributed by atoms with Crippen molar-refractivity contribution in [1.29, 1.82) is 0 Å². The van der Waals surface area contributed by atoms with Crippen LogP contribution in [0.15, 0.2) is 0 Å².